The first-order valence-corrected chi connectivity index (χ1v) is 9.98. The first kappa shape index (κ1) is 22.1. The highest BCUT2D eigenvalue weighted by Crippen LogP contribution is 2.29. The maximum Gasteiger partial charge on any atom is 0.416 e. The summed E-state index contributed by atoms with van der Waals surface area (Å²) in [5.74, 6) is -0.0386. The van der Waals surface area contributed by atoms with E-state index in [9.17, 15) is 22.8 Å². The largest absolute Gasteiger partial charge is 0.463 e. The van der Waals surface area contributed by atoms with E-state index in [1.165, 1.54) is 23.1 Å². The number of anilines is 1. The lowest BCUT2D eigenvalue weighted by Crippen LogP contribution is -2.19. The van der Waals surface area contributed by atoms with E-state index in [2.05, 4.69) is 20.4 Å². The minimum Gasteiger partial charge on any atom is -0.463 e. The van der Waals surface area contributed by atoms with E-state index in [-0.39, 0.29) is 17.3 Å². The van der Waals surface area contributed by atoms with E-state index in [0.717, 1.165) is 30.7 Å². The Hall–Kier alpha value is -4.15. The number of carbonyl (C=O) groups excluding carboxylic acids is 1. The molecule has 0 radical (unpaired) electrons. The number of nitrogens with zero attached hydrogens (tertiary/aromatic N) is 3. The summed E-state index contributed by atoms with van der Waals surface area (Å²) in [4.78, 5) is 31.9. The van der Waals surface area contributed by atoms with Gasteiger partial charge in [-0.15, -0.1) is 0 Å². The van der Waals surface area contributed by atoms with E-state index in [1.54, 1.807) is 12.1 Å². The molecule has 1 aromatic carbocycles. The summed E-state index contributed by atoms with van der Waals surface area (Å²) in [7, 11) is 0. The van der Waals surface area contributed by atoms with Crippen LogP contribution in [0.1, 0.15) is 35.0 Å². The predicted molar refractivity (Wildman–Crippen MR) is 113 cm³/mol. The fraction of sp³-hybridized carbons (Fsp3) is 0.182. The normalized spacial score (nSPS) is 11.5. The molecule has 0 fully saturated rings. The van der Waals surface area contributed by atoms with Crippen LogP contribution in [0.25, 0.3) is 17.4 Å². The molecule has 11 heteroatoms. The van der Waals surface area contributed by atoms with E-state index < -0.39 is 23.2 Å². The van der Waals surface area contributed by atoms with Crippen molar-refractivity contribution in [3.63, 3.8) is 0 Å². The molecule has 8 nitrogen and oxygen atoms in total. The molecule has 2 N–H and O–H groups in total. The van der Waals surface area contributed by atoms with Crippen molar-refractivity contribution in [1.82, 2.24) is 19.7 Å². The number of rotatable bonds is 6. The van der Waals surface area contributed by atoms with Gasteiger partial charge in [0.15, 0.2) is 5.76 Å². The van der Waals surface area contributed by atoms with Gasteiger partial charge < -0.3 is 9.73 Å². The number of furan rings is 1. The van der Waals surface area contributed by atoms with Crippen LogP contribution in [0.2, 0.25) is 0 Å². The molecule has 0 saturated heterocycles. The summed E-state index contributed by atoms with van der Waals surface area (Å²) in [6.45, 7) is 1.95. The van der Waals surface area contributed by atoms with Gasteiger partial charge in [-0.2, -0.15) is 23.0 Å². The Morgan fingerprint density at radius 3 is 2.58 bits per heavy atom. The zero-order chi connectivity index (χ0) is 23.6. The van der Waals surface area contributed by atoms with Crippen molar-refractivity contribution in [2.24, 2.45) is 0 Å². The number of hydrogen-bond acceptors (Lipinski definition) is 5. The van der Waals surface area contributed by atoms with E-state index in [0.29, 0.717) is 23.6 Å². The number of aromatic amines is 1. The van der Waals surface area contributed by atoms with Crippen LogP contribution in [0, 0.1) is 0 Å². The predicted octanol–water partition coefficient (Wildman–Crippen LogP) is 4.44. The maximum absolute atomic E-state index is 12.8. The molecule has 4 aromatic rings. The third kappa shape index (κ3) is 4.86. The first-order valence-electron chi connectivity index (χ1n) is 9.98. The van der Waals surface area contributed by atoms with Crippen LogP contribution in [-0.4, -0.2) is 25.7 Å². The molecule has 0 bridgehead atoms. The smallest absolute Gasteiger partial charge is 0.416 e. The highest BCUT2D eigenvalue weighted by atomic mass is 19.4. The molecule has 0 aliphatic rings. The molecule has 0 spiro atoms. The van der Waals surface area contributed by atoms with Crippen molar-refractivity contribution < 1.29 is 22.4 Å². The first-order chi connectivity index (χ1) is 15.7. The third-order valence-corrected chi connectivity index (χ3v) is 4.69. The monoisotopic (exact) mass is 457 g/mol. The standard InChI is InChI=1S/C22H18F3N5O3/c1-2-4-15-11-19(31)28-21(26-15)30-18(12-16(29-30)17-5-3-10-33-17)27-20(32)13-6-8-14(9-7-13)22(23,24)25/h3,5-12H,2,4H2,1H3,(H,27,32)(H,26,28,31). The topological polar surface area (TPSA) is 106 Å². The molecule has 0 saturated carbocycles. The summed E-state index contributed by atoms with van der Waals surface area (Å²) in [5.41, 5.74) is -0.341. The van der Waals surface area contributed by atoms with Gasteiger partial charge in [-0.1, -0.05) is 13.3 Å². The van der Waals surface area contributed by atoms with Crippen LogP contribution in [0.15, 0.2) is 64.0 Å². The summed E-state index contributed by atoms with van der Waals surface area (Å²) in [5, 5.41) is 7.00. The summed E-state index contributed by atoms with van der Waals surface area (Å²) >= 11 is 0. The van der Waals surface area contributed by atoms with Crippen LogP contribution >= 0.6 is 0 Å². The maximum atomic E-state index is 12.8. The van der Waals surface area contributed by atoms with Gasteiger partial charge in [0.2, 0.25) is 5.95 Å². The lowest BCUT2D eigenvalue weighted by Gasteiger charge is -2.10. The third-order valence-electron chi connectivity index (χ3n) is 4.69. The Balaban J connectivity index is 1.72. The fourth-order valence-electron chi connectivity index (χ4n) is 3.15. The molecule has 4 rings (SSSR count). The van der Waals surface area contributed by atoms with E-state index in [1.807, 2.05) is 6.92 Å². The quantitative estimate of drug-likeness (QED) is 0.445. The summed E-state index contributed by atoms with van der Waals surface area (Å²) in [6.07, 6.45) is -1.72. The molecule has 0 aliphatic carbocycles. The SMILES string of the molecule is CCCc1cc(=O)[nH]c(-n2nc(-c3ccco3)cc2NC(=O)c2ccc(C(F)(F)F)cc2)n1. The second-order valence-electron chi connectivity index (χ2n) is 7.14. The summed E-state index contributed by atoms with van der Waals surface area (Å²) in [6, 6.07) is 10.0. The zero-order valence-corrected chi connectivity index (χ0v) is 17.3. The molecule has 0 aliphatic heterocycles. The van der Waals surface area contributed by atoms with E-state index >= 15 is 0 Å². The number of halogens is 3. The molecular weight excluding hydrogens is 439 g/mol. The highest BCUT2D eigenvalue weighted by Gasteiger charge is 2.30. The van der Waals surface area contributed by atoms with E-state index in [4.69, 9.17) is 4.42 Å². The van der Waals surface area contributed by atoms with Gasteiger partial charge in [-0.3, -0.25) is 14.6 Å². The number of hydrogen-bond donors (Lipinski definition) is 2. The number of nitrogens with one attached hydrogen (secondary N) is 2. The Morgan fingerprint density at radius 1 is 1.18 bits per heavy atom. The Kier molecular flexibility index (Phi) is 5.86. The van der Waals surface area contributed by atoms with Crippen molar-refractivity contribution in [2.75, 3.05) is 5.32 Å². The summed E-state index contributed by atoms with van der Waals surface area (Å²) < 4.78 is 45.0. The van der Waals surface area contributed by atoms with Crippen LogP contribution in [0.4, 0.5) is 19.0 Å². The van der Waals surface area contributed by atoms with Gasteiger partial charge in [-0.25, -0.2) is 4.98 Å². The Morgan fingerprint density at radius 2 is 1.94 bits per heavy atom. The molecule has 3 aromatic heterocycles. The average Bonchev–Trinajstić information content (AvgIpc) is 3.43. The van der Waals surface area contributed by atoms with Gasteiger partial charge in [0, 0.05) is 23.4 Å². The molecule has 1 amide bonds. The minimum absolute atomic E-state index is 0.0106. The van der Waals surface area contributed by atoms with Gasteiger partial charge in [0.25, 0.3) is 11.5 Å². The number of aryl methyl sites for hydroxylation is 1. The number of H-pyrrole nitrogens is 1. The fourth-order valence-corrected chi connectivity index (χ4v) is 3.15. The van der Waals surface area contributed by atoms with Crippen molar-refractivity contribution >= 4 is 11.7 Å². The van der Waals surface area contributed by atoms with Crippen molar-refractivity contribution in [3.8, 4) is 17.4 Å². The molecule has 170 valence electrons. The lowest BCUT2D eigenvalue weighted by molar-refractivity contribution is -0.137. The Labute approximate surface area is 185 Å². The van der Waals surface area contributed by atoms with Crippen LogP contribution in [-0.2, 0) is 12.6 Å². The second-order valence-corrected chi connectivity index (χ2v) is 7.14. The van der Waals surface area contributed by atoms with Crippen molar-refractivity contribution in [3.05, 3.63) is 82.0 Å². The second kappa shape index (κ2) is 8.77. The molecule has 0 unspecified atom stereocenters. The number of carbonyl (C=O) groups is 1. The number of alkyl halides is 3. The molecule has 3 heterocycles. The minimum atomic E-state index is -4.51. The van der Waals surface area contributed by atoms with Gasteiger partial charge >= 0.3 is 6.18 Å². The lowest BCUT2D eigenvalue weighted by atomic mass is 10.1. The molecular formula is C22H18F3N5O3. The van der Waals surface area contributed by atoms with Gasteiger partial charge in [-0.05, 0) is 42.8 Å². The molecule has 33 heavy (non-hydrogen) atoms. The number of amides is 1. The highest BCUT2D eigenvalue weighted by molar-refractivity contribution is 6.04. The van der Waals surface area contributed by atoms with Crippen molar-refractivity contribution in [2.45, 2.75) is 25.9 Å². The van der Waals surface area contributed by atoms with Crippen LogP contribution in [0.3, 0.4) is 0 Å². The van der Waals surface area contributed by atoms with Crippen LogP contribution in [0.5, 0.6) is 0 Å². The zero-order valence-electron chi connectivity index (χ0n) is 17.3. The van der Waals surface area contributed by atoms with Gasteiger partial charge in [0.05, 0.1) is 11.8 Å². The molecule has 0 atom stereocenters. The van der Waals surface area contributed by atoms with Crippen LogP contribution < -0.4 is 10.9 Å². The van der Waals surface area contributed by atoms with Gasteiger partial charge in [0.1, 0.15) is 11.5 Å². The average molecular weight is 457 g/mol. The van der Waals surface area contributed by atoms with Crippen molar-refractivity contribution in [1.29, 1.82) is 0 Å². The Bertz CT molecular complexity index is 1320. The number of aromatic nitrogens is 4. The number of benzene rings is 1.